The van der Waals surface area contributed by atoms with Gasteiger partial charge in [-0.15, -0.1) is 0 Å². The molecule has 0 radical (unpaired) electrons. The SMILES string of the molecule is O=C(O)C1[C@H]2CC[C@@H]1[C@H]1CC[C@H]2C1C(=O)O. The first-order valence-corrected chi connectivity index (χ1v) is 6.07. The molecule has 3 aliphatic carbocycles. The van der Waals surface area contributed by atoms with Gasteiger partial charge in [-0.3, -0.25) is 9.59 Å². The van der Waals surface area contributed by atoms with Crippen LogP contribution in [0, 0.1) is 35.5 Å². The van der Waals surface area contributed by atoms with Gasteiger partial charge in [0.15, 0.2) is 0 Å². The van der Waals surface area contributed by atoms with E-state index in [1.807, 2.05) is 0 Å². The molecule has 4 heteroatoms. The van der Waals surface area contributed by atoms with E-state index >= 15 is 0 Å². The number of fused-ring (bicyclic) bond motifs is 6. The summed E-state index contributed by atoms with van der Waals surface area (Å²) in [5.41, 5.74) is 0. The minimum Gasteiger partial charge on any atom is -0.481 e. The predicted molar refractivity (Wildman–Crippen MR) is 54.7 cm³/mol. The zero-order valence-corrected chi connectivity index (χ0v) is 9.00. The van der Waals surface area contributed by atoms with Crippen molar-refractivity contribution in [3.05, 3.63) is 0 Å². The monoisotopic (exact) mass is 224 g/mol. The first kappa shape index (κ1) is 10.1. The Labute approximate surface area is 93.6 Å². The molecule has 0 heterocycles. The van der Waals surface area contributed by atoms with Gasteiger partial charge in [0.05, 0.1) is 11.8 Å². The van der Waals surface area contributed by atoms with Crippen molar-refractivity contribution in [3.63, 3.8) is 0 Å². The van der Waals surface area contributed by atoms with Crippen molar-refractivity contribution in [2.24, 2.45) is 35.5 Å². The Bertz CT molecular complexity index is 297. The number of hydrogen-bond donors (Lipinski definition) is 2. The molecule has 2 unspecified atom stereocenters. The van der Waals surface area contributed by atoms with E-state index in [1.165, 1.54) is 0 Å². The van der Waals surface area contributed by atoms with E-state index in [4.69, 9.17) is 0 Å². The lowest BCUT2D eigenvalue weighted by atomic mass is 9.65. The molecule has 3 aliphatic rings. The van der Waals surface area contributed by atoms with Gasteiger partial charge in [-0.25, -0.2) is 0 Å². The molecule has 0 aromatic carbocycles. The highest BCUT2D eigenvalue weighted by Crippen LogP contribution is 2.61. The first-order chi connectivity index (χ1) is 7.61. The summed E-state index contributed by atoms with van der Waals surface area (Å²) >= 11 is 0. The van der Waals surface area contributed by atoms with Crippen LogP contribution in [0.4, 0.5) is 0 Å². The van der Waals surface area contributed by atoms with Crippen LogP contribution in [-0.4, -0.2) is 22.2 Å². The lowest BCUT2D eigenvalue weighted by molar-refractivity contribution is -0.156. The second-order valence-corrected chi connectivity index (χ2v) is 5.54. The highest BCUT2D eigenvalue weighted by Gasteiger charge is 2.61. The van der Waals surface area contributed by atoms with E-state index in [9.17, 15) is 19.8 Å². The maximum absolute atomic E-state index is 11.3. The Kier molecular flexibility index (Phi) is 2.03. The topological polar surface area (TPSA) is 74.6 Å². The highest BCUT2D eigenvalue weighted by atomic mass is 16.4. The largest absolute Gasteiger partial charge is 0.481 e. The van der Waals surface area contributed by atoms with Gasteiger partial charge < -0.3 is 10.2 Å². The zero-order valence-electron chi connectivity index (χ0n) is 9.00. The Hall–Kier alpha value is -1.06. The normalized spacial score (nSPS) is 49.2. The maximum atomic E-state index is 11.3. The molecule has 0 saturated heterocycles. The van der Waals surface area contributed by atoms with Crippen LogP contribution in [0.1, 0.15) is 25.7 Å². The number of rotatable bonds is 2. The minimum absolute atomic E-state index is 0.127. The quantitative estimate of drug-likeness (QED) is 0.744. The van der Waals surface area contributed by atoms with Crippen molar-refractivity contribution in [2.75, 3.05) is 0 Å². The molecule has 3 saturated carbocycles. The Morgan fingerprint density at radius 1 is 0.688 bits per heavy atom. The summed E-state index contributed by atoms with van der Waals surface area (Å²) < 4.78 is 0. The fraction of sp³-hybridized carbons (Fsp3) is 0.833. The van der Waals surface area contributed by atoms with E-state index in [0.717, 1.165) is 25.7 Å². The van der Waals surface area contributed by atoms with E-state index in [0.29, 0.717) is 0 Å². The van der Waals surface area contributed by atoms with Crippen LogP contribution in [0.3, 0.4) is 0 Å². The molecule has 2 N–H and O–H groups in total. The summed E-state index contributed by atoms with van der Waals surface area (Å²) in [5, 5.41) is 18.5. The van der Waals surface area contributed by atoms with E-state index < -0.39 is 11.9 Å². The number of hydrogen-bond acceptors (Lipinski definition) is 2. The fourth-order valence-electron chi connectivity index (χ4n) is 4.78. The van der Waals surface area contributed by atoms with Crippen LogP contribution >= 0.6 is 0 Å². The molecule has 0 spiro atoms. The Morgan fingerprint density at radius 2 is 0.938 bits per heavy atom. The molecule has 0 aromatic rings. The number of carboxylic acids is 2. The van der Waals surface area contributed by atoms with E-state index in [2.05, 4.69) is 0 Å². The molecule has 4 bridgehead atoms. The van der Waals surface area contributed by atoms with Gasteiger partial charge in [0, 0.05) is 0 Å². The van der Waals surface area contributed by atoms with Crippen LogP contribution < -0.4 is 0 Å². The molecule has 16 heavy (non-hydrogen) atoms. The molecule has 88 valence electrons. The van der Waals surface area contributed by atoms with Gasteiger partial charge in [-0.05, 0) is 49.4 Å². The van der Waals surface area contributed by atoms with Gasteiger partial charge >= 0.3 is 11.9 Å². The summed E-state index contributed by atoms with van der Waals surface area (Å²) in [7, 11) is 0. The first-order valence-electron chi connectivity index (χ1n) is 6.07. The molecule has 3 fully saturated rings. The van der Waals surface area contributed by atoms with E-state index in [-0.39, 0.29) is 35.5 Å². The predicted octanol–water partition coefficient (Wildman–Crippen LogP) is 1.45. The van der Waals surface area contributed by atoms with Crippen LogP contribution in [-0.2, 0) is 9.59 Å². The molecule has 0 aromatic heterocycles. The molecule has 6 atom stereocenters. The summed E-state index contributed by atoms with van der Waals surface area (Å²) in [4.78, 5) is 22.5. The standard InChI is InChI=1S/C12H16O4/c13-11(14)9-5-1-2-6(9)8-4-3-7(5)10(8)12(15)16/h5-10H,1-4H2,(H,13,14)(H,15,16)/t5-,6-,7-,8+,9?,10?/m1/s1. The molecule has 0 aliphatic heterocycles. The Balaban J connectivity index is 1.97. The number of aliphatic carboxylic acids is 2. The van der Waals surface area contributed by atoms with Crippen LogP contribution in [0.5, 0.6) is 0 Å². The second kappa shape index (κ2) is 3.22. The van der Waals surface area contributed by atoms with Gasteiger partial charge in [0.2, 0.25) is 0 Å². The molecular weight excluding hydrogens is 208 g/mol. The van der Waals surface area contributed by atoms with Crippen molar-refractivity contribution in [3.8, 4) is 0 Å². The summed E-state index contributed by atoms with van der Waals surface area (Å²) in [6, 6.07) is 0. The van der Waals surface area contributed by atoms with Crippen LogP contribution in [0.25, 0.3) is 0 Å². The number of carbonyl (C=O) groups is 2. The van der Waals surface area contributed by atoms with Crippen molar-refractivity contribution >= 4 is 11.9 Å². The van der Waals surface area contributed by atoms with Crippen molar-refractivity contribution in [2.45, 2.75) is 25.7 Å². The Morgan fingerprint density at radius 3 is 1.12 bits per heavy atom. The second-order valence-electron chi connectivity index (χ2n) is 5.54. The lowest BCUT2D eigenvalue weighted by Gasteiger charge is -2.37. The average molecular weight is 224 g/mol. The minimum atomic E-state index is -0.701. The fourth-order valence-corrected chi connectivity index (χ4v) is 4.78. The third-order valence-corrected chi connectivity index (χ3v) is 5.18. The smallest absolute Gasteiger partial charge is 0.307 e. The van der Waals surface area contributed by atoms with Crippen molar-refractivity contribution in [1.82, 2.24) is 0 Å². The molecule has 0 amide bonds. The summed E-state index contributed by atoms with van der Waals surface area (Å²) in [6.07, 6.45) is 3.69. The van der Waals surface area contributed by atoms with Gasteiger partial charge in [0.25, 0.3) is 0 Å². The van der Waals surface area contributed by atoms with Gasteiger partial charge in [-0.2, -0.15) is 0 Å². The highest BCUT2D eigenvalue weighted by molar-refractivity contribution is 5.75. The lowest BCUT2D eigenvalue weighted by Crippen LogP contribution is -2.43. The number of carboxylic acid groups (broad SMARTS) is 2. The maximum Gasteiger partial charge on any atom is 0.307 e. The van der Waals surface area contributed by atoms with E-state index in [1.54, 1.807) is 0 Å². The summed E-state index contributed by atoms with van der Waals surface area (Å²) in [5.74, 6) is -1.41. The van der Waals surface area contributed by atoms with Crippen molar-refractivity contribution in [1.29, 1.82) is 0 Å². The van der Waals surface area contributed by atoms with Gasteiger partial charge in [0.1, 0.15) is 0 Å². The average Bonchev–Trinajstić information content (AvgIpc) is 2.68. The molecule has 3 rings (SSSR count). The van der Waals surface area contributed by atoms with Gasteiger partial charge in [-0.1, -0.05) is 0 Å². The van der Waals surface area contributed by atoms with Crippen molar-refractivity contribution < 1.29 is 19.8 Å². The third-order valence-electron chi connectivity index (χ3n) is 5.18. The van der Waals surface area contributed by atoms with Crippen LogP contribution in [0.15, 0.2) is 0 Å². The zero-order chi connectivity index (χ0) is 11.4. The molecule has 4 nitrogen and oxygen atoms in total. The third kappa shape index (κ3) is 1.10. The van der Waals surface area contributed by atoms with Crippen LogP contribution in [0.2, 0.25) is 0 Å². The molecular formula is C12H16O4. The summed E-state index contributed by atoms with van der Waals surface area (Å²) in [6.45, 7) is 0.